The predicted molar refractivity (Wildman–Crippen MR) is 78.6 cm³/mol. The molecule has 0 radical (unpaired) electrons. The molecule has 0 unspecified atom stereocenters. The summed E-state index contributed by atoms with van der Waals surface area (Å²) in [6.07, 6.45) is 15.0. The molecule has 0 heterocycles. The fraction of sp³-hybridized carbons (Fsp3) is 0.294. The summed E-state index contributed by atoms with van der Waals surface area (Å²) < 4.78 is 43.6. The van der Waals surface area contributed by atoms with Gasteiger partial charge in [0.15, 0.2) is 0 Å². The molecule has 128 valence electrons. The van der Waals surface area contributed by atoms with E-state index >= 15 is 0 Å². The number of rotatable bonds is 8. The zero-order chi connectivity index (χ0) is 20.6. The fourth-order valence-corrected chi connectivity index (χ4v) is 1.31. The first-order chi connectivity index (χ1) is 11.8. The summed E-state index contributed by atoms with van der Waals surface area (Å²) in [5.41, 5.74) is 0. The van der Waals surface area contributed by atoms with Gasteiger partial charge in [0.25, 0.3) is 0 Å². The van der Waals surface area contributed by atoms with Gasteiger partial charge in [0.2, 0.25) is 0 Å². The van der Waals surface area contributed by atoms with Gasteiger partial charge in [-0.1, -0.05) is 0 Å². The van der Waals surface area contributed by atoms with E-state index in [1.54, 1.807) is 7.11 Å². The van der Waals surface area contributed by atoms with Crippen LogP contribution in [0.2, 0.25) is 0 Å². The first-order valence-corrected chi connectivity index (χ1v) is 7.32. The summed E-state index contributed by atoms with van der Waals surface area (Å²) >= 11 is 1.38. The van der Waals surface area contributed by atoms with Crippen LogP contribution in [0.4, 0.5) is 0 Å². The number of hydrogen-bond acceptors (Lipinski definition) is 1. The van der Waals surface area contributed by atoms with E-state index in [4.69, 9.17) is 28.0 Å². The van der Waals surface area contributed by atoms with E-state index in [-0.39, 0.29) is 0 Å². The molecule has 0 aromatic rings. The second kappa shape index (κ2) is 68.4. The van der Waals surface area contributed by atoms with Gasteiger partial charge in [0.1, 0.15) is 0 Å². The molecular formula is C17H18O6W. The molecule has 0 atom stereocenters. The summed E-state index contributed by atoms with van der Waals surface area (Å²) in [6, 6.07) is 0. The molecule has 0 spiro atoms. The third-order valence-corrected chi connectivity index (χ3v) is 2.81. The van der Waals surface area contributed by atoms with Crippen LogP contribution in [0.25, 0.3) is 0 Å². The minimum absolute atomic E-state index is 1.05. The number of methoxy groups -OCH3 is 1. The van der Waals surface area contributed by atoms with Gasteiger partial charge in [-0.25, -0.2) is 0 Å². The third kappa shape index (κ3) is 70.9. The van der Waals surface area contributed by atoms with Crippen LogP contribution in [-0.2, 0) is 47.4 Å². The Kier molecular flexibility index (Phi) is 109. The number of hydrogen-bond donors (Lipinski definition) is 0. The molecular weight excluding hydrogens is 484 g/mol. The van der Waals surface area contributed by atoms with Crippen LogP contribution in [0.3, 0.4) is 0 Å². The topological polar surface area (TPSA) is 109 Å². The van der Waals surface area contributed by atoms with Crippen molar-refractivity contribution in [3.8, 4) is 0 Å². The molecule has 0 aliphatic carbocycles. The molecule has 0 aromatic carbocycles. The van der Waals surface area contributed by atoms with E-state index in [0.717, 1.165) is 16.9 Å². The third-order valence-electron chi connectivity index (χ3n) is 1.72. The Balaban J connectivity index is -0.0000000687. The number of ether oxygens (including phenoxy) is 1. The van der Waals surface area contributed by atoms with Gasteiger partial charge in [0.05, 0.1) is 0 Å². The van der Waals surface area contributed by atoms with Gasteiger partial charge in [-0.05, 0) is 0 Å². The summed E-state index contributed by atoms with van der Waals surface area (Å²) in [5.74, 6) is 0. The SMILES string of the molecule is C=C/C=C/CCCC/C=C/[C](=[W])OC.[C-]#[O+].[C-]#[O+].[C-]#[O+].[C-]#[O+].[C-]#[O+]. The van der Waals surface area contributed by atoms with E-state index in [0.29, 0.717) is 0 Å². The van der Waals surface area contributed by atoms with E-state index < -0.39 is 0 Å². The van der Waals surface area contributed by atoms with Crippen LogP contribution >= 0.6 is 0 Å². The van der Waals surface area contributed by atoms with Crippen molar-refractivity contribution >= 4 is 4.08 Å². The van der Waals surface area contributed by atoms with Crippen molar-refractivity contribution in [1.29, 1.82) is 0 Å². The van der Waals surface area contributed by atoms with Crippen LogP contribution in [0.1, 0.15) is 25.7 Å². The first kappa shape index (κ1) is 38.2. The number of allylic oxidation sites excluding steroid dienone is 4. The average Bonchev–Trinajstić information content (AvgIpc) is 2.71. The van der Waals surface area contributed by atoms with E-state index in [1.165, 1.54) is 32.2 Å². The van der Waals surface area contributed by atoms with E-state index in [2.05, 4.69) is 58.1 Å². The van der Waals surface area contributed by atoms with E-state index in [1.807, 2.05) is 12.2 Å². The molecule has 24 heavy (non-hydrogen) atoms. The first-order valence-electron chi connectivity index (χ1n) is 5.85. The molecule has 0 amide bonds. The molecule has 7 heteroatoms. The van der Waals surface area contributed by atoms with Gasteiger partial charge in [-0.15, -0.1) is 0 Å². The fourth-order valence-electron chi connectivity index (χ4n) is 0.964. The summed E-state index contributed by atoms with van der Waals surface area (Å²) in [6.45, 7) is 26.1. The van der Waals surface area contributed by atoms with Crippen molar-refractivity contribution in [3.63, 3.8) is 0 Å². The van der Waals surface area contributed by atoms with Crippen LogP contribution in [-0.4, -0.2) is 11.2 Å². The molecule has 0 aromatic heterocycles. The maximum absolute atomic E-state index is 7.50. The molecule has 0 rings (SSSR count). The normalized spacial score (nSPS) is 6.96. The van der Waals surface area contributed by atoms with Crippen LogP contribution < -0.4 is 0 Å². The van der Waals surface area contributed by atoms with Crippen molar-refractivity contribution in [1.82, 2.24) is 0 Å². The average molecular weight is 502 g/mol. The Hall–Kier alpha value is -1.56. The van der Waals surface area contributed by atoms with Gasteiger partial charge in [-0.2, -0.15) is 0 Å². The standard InChI is InChI=1S/C12H18O.5CO.W/c1-3-4-5-6-7-8-9-10-11-12-13-2;5*1-2;/h3-5,10-11H,1,6-9H2,2H3;;;;;;/b5-4+,11-10+;;;;;;. The number of unbranched alkanes of at least 4 members (excludes halogenated alkanes) is 3. The quantitative estimate of drug-likeness (QED) is 0.216. The Morgan fingerprint density at radius 2 is 1.25 bits per heavy atom. The molecule has 0 saturated carbocycles. The van der Waals surface area contributed by atoms with Crippen molar-refractivity contribution in [3.05, 3.63) is 70.2 Å². The van der Waals surface area contributed by atoms with Crippen molar-refractivity contribution in [2.45, 2.75) is 25.7 Å². The Labute approximate surface area is 154 Å². The van der Waals surface area contributed by atoms with Crippen LogP contribution in [0.15, 0.2) is 37.0 Å². The van der Waals surface area contributed by atoms with Gasteiger partial charge >= 0.3 is 154 Å². The second-order valence-corrected chi connectivity index (χ2v) is 4.32. The Bertz CT molecular complexity index is 365. The molecule has 0 N–H and O–H groups in total. The summed E-state index contributed by atoms with van der Waals surface area (Å²) in [4.78, 5) is 0. The monoisotopic (exact) mass is 502 g/mol. The van der Waals surface area contributed by atoms with Gasteiger partial charge < -0.3 is 0 Å². The van der Waals surface area contributed by atoms with Gasteiger partial charge in [-0.3, -0.25) is 0 Å². The molecule has 0 fully saturated rings. The van der Waals surface area contributed by atoms with Crippen molar-refractivity contribution in [2.24, 2.45) is 0 Å². The zero-order valence-electron chi connectivity index (χ0n) is 13.3. The zero-order valence-corrected chi connectivity index (χ0v) is 16.2. The molecule has 0 bridgehead atoms. The van der Waals surface area contributed by atoms with E-state index in [9.17, 15) is 0 Å². The molecule has 6 nitrogen and oxygen atoms in total. The molecule has 0 saturated heterocycles. The van der Waals surface area contributed by atoms with Crippen LogP contribution in [0.5, 0.6) is 0 Å². The van der Waals surface area contributed by atoms with Crippen LogP contribution in [0, 0.1) is 33.3 Å². The summed E-state index contributed by atoms with van der Waals surface area (Å²) in [7, 11) is 1.72. The second-order valence-electron chi connectivity index (χ2n) is 2.87. The Morgan fingerprint density at radius 1 is 0.875 bits per heavy atom. The minimum atomic E-state index is 1.05. The molecule has 0 aliphatic heterocycles. The molecule has 0 aliphatic rings. The van der Waals surface area contributed by atoms with Crippen molar-refractivity contribution < 1.29 is 47.4 Å². The van der Waals surface area contributed by atoms with Gasteiger partial charge in [0, 0.05) is 0 Å². The maximum atomic E-state index is 7.50. The Morgan fingerprint density at radius 3 is 1.58 bits per heavy atom. The van der Waals surface area contributed by atoms with Crippen molar-refractivity contribution in [2.75, 3.05) is 7.11 Å². The summed E-state index contributed by atoms with van der Waals surface area (Å²) in [5, 5.41) is 0. The predicted octanol–water partition coefficient (Wildman–Crippen LogP) is 2.98.